The molecule has 0 bridgehead atoms. The Balaban J connectivity index is 1.65. The van der Waals surface area contributed by atoms with E-state index in [1.165, 1.54) is 18.4 Å². The van der Waals surface area contributed by atoms with Gasteiger partial charge in [-0.05, 0) is 49.9 Å². The van der Waals surface area contributed by atoms with Crippen LogP contribution in [0, 0.1) is 0 Å². The highest BCUT2D eigenvalue weighted by Gasteiger charge is 2.14. The lowest BCUT2D eigenvalue weighted by molar-refractivity contribution is 0.101. The number of carbonyl (C=O) groups is 1. The van der Waals surface area contributed by atoms with Gasteiger partial charge in [0, 0.05) is 35.8 Å². The summed E-state index contributed by atoms with van der Waals surface area (Å²) in [5.74, 6) is 0. The smallest absolute Gasteiger partial charge is 0.150 e. The largest absolute Gasteiger partial charge is 0.378 e. The molecule has 1 aromatic carbocycles. The van der Waals surface area contributed by atoms with Gasteiger partial charge in [-0.3, -0.25) is 4.79 Å². The highest BCUT2D eigenvalue weighted by atomic mass is 16.5. The molecule has 1 atom stereocenters. The highest BCUT2D eigenvalue weighted by Crippen LogP contribution is 2.20. The molecule has 3 nitrogen and oxygen atoms in total. The fourth-order valence-electron chi connectivity index (χ4n) is 2.85. The Kier molecular flexibility index (Phi) is 3.65. The maximum Gasteiger partial charge on any atom is 0.150 e. The van der Waals surface area contributed by atoms with Crippen LogP contribution in [-0.2, 0) is 11.3 Å². The first kappa shape index (κ1) is 12.4. The SMILES string of the molecule is O=Cc1ccc2c(ccn2CCCC2CCCO2)c1. The Bertz CT molecular complexity index is 567. The average molecular weight is 257 g/mol. The van der Waals surface area contributed by atoms with E-state index >= 15 is 0 Å². The molecule has 0 saturated carbocycles. The molecular formula is C16H19NO2. The van der Waals surface area contributed by atoms with Gasteiger partial charge in [0.1, 0.15) is 6.29 Å². The summed E-state index contributed by atoms with van der Waals surface area (Å²) < 4.78 is 7.90. The molecule has 1 aromatic heterocycles. The maximum absolute atomic E-state index is 10.8. The topological polar surface area (TPSA) is 31.2 Å². The molecule has 2 aromatic rings. The lowest BCUT2D eigenvalue weighted by Gasteiger charge is -2.10. The third-order valence-corrected chi connectivity index (χ3v) is 3.88. The third kappa shape index (κ3) is 2.71. The molecule has 0 radical (unpaired) electrons. The molecule has 1 aliphatic heterocycles. The highest BCUT2D eigenvalue weighted by molar-refractivity contribution is 5.87. The summed E-state index contributed by atoms with van der Waals surface area (Å²) in [6, 6.07) is 7.93. The van der Waals surface area contributed by atoms with E-state index in [-0.39, 0.29) is 0 Å². The molecule has 3 rings (SSSR count). The number of fused-ring (bicyclic) bond motifs is 1. The Labute approximate surface area is 113 Å². The van der Waals surface area contributed by atoms with Crippen molar-refractivity contribution in [3.63, 3.8) is 0 Å². The van der Waals surface area contributed by atoms with Gasteiger partial charge in [-0.2, -0.15) is 0 Å². The molecule has 3 heteroatoms. The van der Waals surface area contributed by atoms with Crippen molar-refractivity contribution in [1.82, 2.24) is 4.57 Å². The fraction of sp³-hybridized carbons (Fsp3) is 0.438. The zero-order valence-corrected chi connectivity index (χ0v) is 11.0. The van der Waals surface area contributed by atoms with Gasteiger partial charge in [0.15, 0.2) is 0 Å². The normalized spacial score (nSPS) is 19.1. The molecule has 1 fully saturated rings. The summed E-state index contributed by atoms with van der Waals surface area (Å²) in [4.78, 5) is 10.8. The Hall–Kier alpha value is -1.61. The van der Waals surface area contributed by atoms with E-state index in [0.717, 1.165) is 43.2 Å². The Morgan fingerprint density at radius 3 is 3.11 bits per heavy atom. The van der Waals surface area contributed by atoms with E-state index < -0.39 is 0 Å². The zero-order valence-electron chi connectivity index (χ0n) is 11.0. The number of benzene rings is 1. The fourth-order valence-corrected chi connectivity index (χ4v) is 2.85. The second-order valence-electron chi connectivity index (χ2n) is 5.22. The molecule has 100 valence electrons. The van der Waals surface area contributed by atoms with E-state index in [2.05, 4.69) is 16.8 Å². The van der Waals surface area contributed by atoms with E-state index in [0.29, 0.717) is 6.10 Å². The first-order chi connectivity index (χ1) is 9.36. The van der Waals surface area contributed by atoms with Gasteiger partial charge in [0.25, 0.3) is 0 Å². The second kappa shape index (κ2) is 5.57. The van der Waals surface area contributed by atoms with Crippen molar-refractivity contribution >= 4 is 17.2 Å². The van der Waals surface area contributed by atoms with Crippen molar-refractivity contribution in [2.45, 2.75) is 38.3 Å². The molecule has 0 aliphatic carbocycles. The Morgan fingerprint density at radius 2 is 2.32 bits per heavy atom. The molecular weight excluding hydrogens is 238 g/mol. The van der Waals surface area contributed by atoms with Crippen LogP contribution in [0.5, 0.6) is 0 Å². The number of aromatic nitrogens is 1. The second-order valence-corrected chi connectivity index (χ2v) is 5.22. The summed E-state index contributed by atoms with van der Waals surface area (Å²) in [6.07, 6.45) is 8.20. The summed E-state index contributed by atoms with van der Waals surface area (Å²) in [7, 11) is 0. The standard InChI is InChI=1S/C16H19NO2/c18-12-13-5-6-16-14(11-13)7-9-17(16)8-1-3-15-4-2-10-19-15/h5-7,9,11-12,15H,1-4,8,10H2. The number of aldehydes is 1. The predicted molar refractivity (Wildman–Crippen MR) is 75.5 cm³/mol. The lowest BCUT2D eigenvalue weighted by Crippen LogP contribution is -2.06. The molecule has 1 aliphatic rings. The average Bonchev–Trinajstić information content (AvgIpc) is 3.08. The van der Waals surface area contributed by atoms with Crippen LogP contribution >= 0.6 is 0 Å². The minimum absolute atomic E-state index is 0.475. The van der Waals surface area contributed by atoms with Crippen molar-refractivity contribution in [2.75, 3.05) is 6.61 Å². The molecule has 1 unspecified atom stereocenters. The minimum Gasteiger partial charge on any atom is -0.378 e. The minimum atomic E-state index is 0.475. The van der Waals surface area contributed by atoms with Crippen molar-refractivity contribution in [1.29, 1.82) is 0 Å². The maximum atomic E-state index is 10.8. The van der Waals surface area contributed by atoms with Crippen LogP contribution in [0.4, 0.5) is 0 Å². The molecule has 19 heavy (non-hydrogen) atoms. The van der Waals surface area contributed by atoms with Crippen LogP contribution in [0.1, 0.15) is 36.0 Å². The number of hydrogen-bond donors (Lipinski definition) is 0. The van der Waals surface area contributed by atoms with Gasteiger partial charge < -0.3 is 9.30 Å². The van der Waals surface area contributed by atoms with Crippen LogP contribution in [0.15, 0.2) is 30.5 Å². The summed E-state index contributed by atoms with van der Waals surface area (Å²) in [6.45, 7) is 1.95. The van der Waals surface area contributed by atoms with Gasteiger partial charge in [-0.25, -0.2) is 0 Å². The molecule has 1 saturated heterocycles. The molecule has 0 spiro atoms. The molecule has 2 heterocycles. The van der Waals surface area contributed by atoms with Crippen molar-refractivity contribution in [3.8, 4) is 0 Å². The number of nitrogens with zero attached hydrogens (tertiary/aromatic N) is 1. The third-order valence-electron chi connectivity index (χ3n) is 3.88. The van der Waals surface area contributed by atoms with Crippen LogP contribution in [-0.4, -0.2) is 23.6 Å². The van der Waals surface area contributed by atoms with E-state index in [1.54, 1.807) is 0 Å². The van der Waals surface area contributed by atoms with Gasteiger partial charge >= 0.3 is 0 Å². The summed E-state index contributed by atoms with van der Waals surface area (Å²) in [5, 5.41) is 1.14. The number of carbonyl (C=O) groups excluding carboxylic acids is 1. The lowest BCUT2D eigenvalue weighted by atomic mass is 10.1. The monoisotopic (exact) mass is 257 g/mol. The number of hydrogen-bond acceptors (Lipinski definition) is 2. The predicted octanol–water partition coefficient (Wildman–Crippen LogP) is 3.41. The van der Waals surface area contributed by atoms with E-state index in [9.17, 15) is 4.79 Å². The number of ether oxygens (including phenoxy) is 1. The molecule has 0 amide bonds. The van der Waals surface area contributed by atoms with Gasteiger partial charge in [0.2, 0.25) is 0 Å². The first-order valence-electron chi connectivity index (χ1n) is 7.02. The Morgan fingerprint density at radius 1 is 1.37 bits per heavy atom. The van der Waals surface area contributed by atoms with Gasteiger partial charge in [-0.15, -0.1) is 0 Å². The quantitative estimate of drug-likeness (QED) is 0.769. The van der Waals surface area contributed by atoms with Crippen LogP contribution in [0.25, 0.3) is 10.9 Å². The van der Waals surface area contributed by atoms with Crippen LogP contribution < -0.4 is 0 Å². The number of aryl methyl sites for hydroxylation is 1. The molecule has 0 N–H and O–H groups in total. The van der Waals surface area contributed by atoms with Crippen molar-refractivity contribution < 1.29 is 9.53 Å². The van der Waals surface area contributed by atoms with Crippen LogP contribution in [0.3, 0.4) is 0 Å². The number of rotatable bonds is 5. The van der Waals surface area contributed by atoms with Crippen LogP contribution in [0.2, 0.25) is 0 Å². The zero-order chi connectivity index (χ0) is 13.1. The van der Waals surface area contributed by atoms with E-state index in [4.69, 9.17) is 4.74 Å². The summed E-state index contributed by atoms with van der Waals surface area (Å²) in [5.41, 5.74) is 1.95. The first-order valence-corrected chi connectivity index (χ1v) is 7.02. The van der Waals surface area contributed by atoms with E-state index in [1.807, 2.05) is 18.2 Å². The van der Waals surface area contributed by atoms with Gasteiger partial charge in [0.05, 0.1) is 6.10 Å². The van der Waals surface area contributed by atoms with Gasteiger partial charge in [-0.1, -0.05) is 0 Å². The van der Waals surface area contributed by atoms with Crippen molar-refractivity contribution in [3.05, 3.63) is 36.0 Å². The van der Waals surface area contributed by atoms with Crippen molar-refractivity contribution in [2.24, 2.45) is 0 Å². The summed E-state index contributed by atoms with van der Waals surface area (Å²) >= 11 is 0.